The third-order valence-corrected chi connectivity index (χ3v) is 6.77. The molecule has 5 heterocycles. The van der Waals surface area contributed by atoms with Crippen LogP contribution in [0.2, 0.25) is 0 Å². The molecule has 0 radical (unpaired) electrons. The van der Waals surface area contributed by atoms with Crippen LogP contribution in [0.15, 0.2) is 24.5 Å². The minimum Gasteiger partial charge on any atom is -0.390 e. The molecule has 5 rings (SSSR count). The molecule has 200 valence electrons. The summed E-state index contributed by atoms with van der Waals surface area (Å²) < 4.78 is 13.2. The molecule has 37 heavy (non-hydrogen) atoms. The van der Waals surface area contributed by atoms with E-state index in [1.54, 1.807) is 6.20 Å². The maximum absolute atomic E-state index is 10.2. The first kappa shape index (κ1) is 25.6. The lowest BCUT2D eigenvalue weighted by molar-refractivity contribution is -0.186. The van der Waals surface area contributed by atoms with Gasteiger partial charge >= 0.3 is 0 Å². The second-order valence-corrected chi connectivity index (χ2v) is 10.4. The number of rotatable bonds is 8. The lowest BCUT2D eigenvalue weighted by Gasteiger charge is -2.35. The van der Waals surface area contributed by atoms with Gasteiger partial charge in [-0.1, -0.05) is 0 Å². The van der Waals surface area contributed by atoms with Gasteiger partial charge in [0.2, 0.25) is 5.95 Å². The first-order valence-corrected chi connectivity index (χ1v) is 13.0. The number of nitrogens with one attached hydrogen (secondary N) is 2. The average molecular weight is 512 g/mol. The number of fused-ring (bicyclic) bond motifs is 1. The van der Waals surface area contributed by atoms with Crippen LogP contribution in [0.1, 0.15) is 46.1 Å². The van der Waals surface area contributed by atoms with Gasteiger partial charge in [0.15, 0.2) is 12.1 Å². The van der Waals surface area contributed by atoms with Gasteiger partial charge in [-0.05, 0) is 39.7 Å². The Morgan fingerprint density at radius 2 is 1.95 bits per heavy atom. The molecular formula is C25H37N9O3. The normalized spacial score (nSPS) is 21.9. The van der Waals surface area contributed by atoms with Crippen molar-refractivity contribution in [2.75, 3.05) is 48.4 Å². The standard InChI is InChI=1S/C25H37N9O3/c1-16(2)34-19-12-21(30-20-4-8-28-24(31-20)33-10-6-25(3,35)7-11-33)29-13-18(19)23(32-34)27-9-5-22-36-14-17(26)15-37-22/h4,8,12-13,16-17,22,35H,5-7,9-11,14-15,26H2,1-3H3,(H,27,32)(H,28,29,30,31). The zero-order valence-electron chi connectivity index (χ0n) is 21.7. The summed E-state index contributed by atoms with van der Waals surface area (Å²) in [4.78, 5) is 15.9. The molecule has 0 amide bonds. The smallest absolute Gasteiger partial charge is 0.227 e. The molecule has 3 aromatic heterocycles. The van der Waals surface area contributed by atoms with Crippen LogP contribution < -0.4 is 21.3 Å². The monoisotopic (exact) mass is 511 g/mol. The van der Waals surface area contributed by atoms with Crippen molar-refractivity contribution in [2.24, 2.45) is 5.73 Å². The minimum atomic E-state index is -0.621. The number of hydrogen-bond acceptors (Lipinski definition) is 11. The van der Waals surface area contributed by atoms with Gasteiger partial charge in [0.05, 0.1) is 35.8 Å². The molecule has 3 aromatic rings. The second-order valence-electron chi connectivity index (χ2n) is 10.4. The van der Waals surface area contributed by atoms with Crippen LogP contribution in [0.5, 0.6) is 0 Å². The van der Waals surface area contributed by atoms with E-state index in [0.29, 0.717) is 56.6 Å². The van der Waals surface area contributed by atoms with E-state index in [1.807, 2.05) is 29.9 Å². The first-order valence-electron chi connectivity index (χ1n) is 13.0. The van der Waals surface area contributed by atoms with Crippen molar-refractivity contribution in [1.82, 2.24) is 24.7 Å². The minimum absolute atomic E-state index is 0.0555. The summed E-state index contributed by atoms with van der Waals surface area (Å²) >= 11 is 0. The van der Waals surface area contributed by atoms with Crippen LogP contribution in [0.4, 0.5) is 23.4 Å². The zero-order valence-corrected chi connectivity index (χ0v) is 21.7. The predicted molar refractivity (Wildman–Crippen MR) is 142 cm³/mol. The van der Waals surface area contributed by atoms with Crippen molar-refractivity contribution < 1.29 is 14.6 Å². The molecule has 2 aliphatic rings. The van der Waals surface area contributed by atoms with Gasteiger partial charge in [-0.25, -0.2) is 9.97 Å². The Morgan fingerprint density at radius 3 is 2.68 bits per heavy atom. The Balaban J connectivity index is 1.28. The summed E-state index contributed by atoms with van der Waals surface area (Å²) in [5.41, 5.74) is 6.16. The highest BCUT2D eigenvalue weighted by Gasteiger charge is 2.28. The largest absolute Gasteiger partial charge is 0.390 e. The van der Waals surface area contributed by atoms with Gasteiger partial charge in [0.25, 0.3) is 0 Å². The Morgan fingerprint density at radius 1 is 1.19 bits per heavy atom. The van der Waals surface area contributed by atoms with Crippen LogP contribution in [-0.2, 0) is 9.47 Å². The molecule has 0 atom stereocenters. The summed E-state index contributed by atoms with van der Waals surface area (Å²) in [5, 5.41) is 22.7. The molecule has 2 aliphatic heterocycles. The Kier molecular flexibility index (Phi) is 7.43. The average Bonchev–Trinajstić information content (AvgIpc) is 3.23. The zero-order chi connectivity index (χ0) is 26.0. The molecule has 12 heteroatoms. The fourth-order valence-electron chi connectivity index (χ4n) is 4.55. The van der Waals surface area contributed by atoms with E-state index in [1.165, 1.54) is 0 Å². The second kappa shape index (κ2) is 10.7. The molecule has 0 spiro atoms. The van der Waals surface area contributed by atoms with E-state index in [9.17, 15) is 5.11 Å². The van der Waals surface area contributed by atoms with Crippen molar-refractivity contribution >= 4 is 34.3 Å². The van der Waals surface area contributed by atoms with Gasteiger partial charge in [-0.2, -0.15) is 10.1 Å². The molecule has 0 saturated carbocycles. The van der Waals surface area contributed by atoms with Gasteiger partial charge in [0, 0.05) is 50.6 Å². The first-order chi connectivity index (χ1) is 17.8. The Bertz CT molecular complexity index is 1200. The number of pyridine rings is 1. The SMILES string of the molecule is CC(C)n1nc(NCCC2OCC(N)CO2)c2cnc(Nc3ccnc(N4CCC(C)(O)CC4)n3)cc21. The lowest BCUT2D eigenvalue weighted by Crippen LogP contribution is -2.43. The summed E-state index contributed by atoms with van der Waals surface area (Å²) in [5.74, 6) is 2.76. The maximum Gasteiger partial charge on any atom is 0.227 e. The fourth-order valence-corrected chi connectivity index (χ4v) is 4.55. The van der Waals surface area contributed by atoms with Crippen LogP contribution in [0, 0.1) is 0 Å². The van der Waals surface area contributed by atoms with Gasteiger partial charge in [-0.15, -0.1) is 0 Å². The number of anilines is 4. The van der Waals surface area contributed by atoms with Crippen molar-refractivity contribution in [3.63, 3.8) is 0 Å². The van der Waals surface area contributed by atoms with E-state index in [4.69, 9.17) is 20.3 Å². The fraction of sp³-hybridized carbons (Fsp3) is 0.600. The third kappa shape index (κ3) is 6.09. The highest BCUT2D eigenvalue weighted by atomic mass is 16.7. The van der Waals surface area contributed by atoms with E-state index >= 15 is 0 Å². The molecule has 2 fully saturated rings. The van der Waals surface area contributed by atoms with E-state index in [-0.39, 0.29) is 18.4 Å². The number of nitrogens with zero attached hydrogens (tertiary/aromatic N) is 6. The molecule has 5 N–H and O–H groups in total. The summed E-state index contributed by atoms with van der Waals surface area (Å²) in [6.45, 7) is 9.20. The van der Waals surface area contributed by atoms with Crippen LogP contribution in [0.3, 0.4) is 0 Å². The molecule has 0 unspecified atom stereocenters. The van der Waals surface area contributed by atoms with Crippen LogP contribution in [0.25, 0.3) is 10.9 Å². The molecule has 12 nitrogen and oxygen atoms in total. The predicted octanol–water partition coefficient (Wildman–Crippen LogP) is 2.40. The van der Waals surface area contributed by atoms with Gasteiger partial charge in [0.1, 0.15) is 11.6 Å². The number of aromatic nitrogens is 5. The topological polar surface area (TPSA) is 148 Å². The number of ether oxygens (including phenoxy) is 2. The highest BCUT2D eigenvalue weighted by Crippen LogP contribution is 2.29. The molecule has 2 saturated heterocycles. The van der Waals surface area contributed by atoms with Crippen LogP contribution >= 0.6 is 0 Å². The molecule has 0 aliphatic carbocycles. The lowest BCUT2D eigenvalue weighted by atomic mass is 9.94. The number of piperidine rings is 1. The van der Waals surface area contributed by atoms with Gasteiger partial charge in [-0.3, -0.25) is 4.68 Å². The van der Waals surface area contributed by atoms with E-state index < -0.39 is 5.60 Å². The number of aliphatic hydroxyl groups is 1. The highest BCUT2D eigenvalue weighted by molar-refractivity contribution is 5.91. The van der Waals surface area contributed by atoms with Crippen molar-refractivity contribution in [3.8, 4) is 0 Å². The molecule has 0 aromatic carbocycles. The number of nitrogens with two attached hydrogens (primary N) is 1. The summed E-state index contributed by atoms with van der Waals surface area (Å²) in [6, 6.07) is 3.92. The Hall–Kier alpha value is -3.06. The Labute approximate surface area is 216 Å². The van der Waals surface area contributed by atoms with Gasteiger partial charge < -0.3 is 35.8 Å². The van der Waals surface area contributed by atoms with Crippen LogP contribution in [-0.4, -0.2) is 80.6 Å². The summed E-state index contributed by atoms with van der Waals surface area (Å²) in [6.07, 6.45) is 5.39. The number of hydrogen-bond donors (Lipinski definition) is 4. The summed E-state index contributed by atoms with van der Waals surface area (Å²) in [7, 11) is 0. The van der Waals surface area contributed by atoms with E-state index in [0.717, 1.165) is 29.8 Å². The third-order valence-electron chi connectivity index (χ3n) is 6.77. The van der Waals surface area contributed by atoms with Crippen molar-refractivity contribution in [3.05, 3.63) is 24.5 Å². The van der Waals surface area contributed by atoms with Crippen molar-refractivity contribution in [2.45, 2.75) is 64.0 Å². The quantitative estimate of drug-likeness (QED) is 0.353. The van der Waals surface area contributed by atoms with Crippen molar-refractivity contribution in [1.29, 1.82) is 0 Å². The molecule has 0 bridgehead atoms. The van der Waals surface area contributed by atoms with E-state index in [2.05, 4.69) is 44.3 Å². The maximum atomic E-state index is 10.2. The molecular weight excluding hydrogens is 474 g/mol.